The summed E-state index contributed by atoms with van der Waals surface area (Å²) in [6, 6.07) is 9.52. The Balaban J connectivity index is 1.48. The molecule has 1 aliphatic carbocycles. The number of rotatable bonds is 3. The first-order valence-corrected chi connectivity index (χ1v) is 7.55. The lowest BCUT2D eigenvalue weighted by Gasteiger charge is -2.20. The van der Waals surface area contributed by atoms with E-state index >= 15 is 0 Å². The SMILES string of the molecule is O=C(N[C@H]1CCCC[C@@H](O)[C@@H]2O[C@@H]21)OCc1ccccc1. The molecule has 0 spiro atoms. The molecular formula is C16H21NO4. The van der Waals surface area contributed by atoms with Crippen LogP contribution in [-0.2, 0) is 16.1 Å². The average Bonchev–Trinajstić information content (AvgIpc) is 3.28. The van der Waals surface area contributed by atoms with Gasteiger partial charge in [0.25, 0.3) is 0 Å². The van der Waals surface area contributed by atoms with Crippen molar-refractivity contribution in [3.8, 4) is 0 Å². The summed E-state index contributed by atoms with van der Waals surface area (Å²) in [5.41, 5.74) is 0.960. The summed E-state index contributed by atoms with van der Waals surface area (Å²) in [4.78, 5) is 11.9. The van der Waals surface area contributed by atoms with Crippen LogP contribution in [-0.4, -0.2) is 35.6 Å². The molecule has 1 aromatic rings. The number of aliphatic hydroxyl groups excluding tert-OH is 1. The second-order valence-electron chi connectivity index (χ2n) is 5.73. The molecule has 1 amide bonds. The molecule has 4 atom stereocenters. The van der Waals surface area contributed by atoms with Crippen molar-refractivity contribution in [3.05, 3.63) is 35.9 Å². The molecule has 1 aromatic carbocycles. The van der Waals surface area contributed by atoms with E-state index in [1.807, 2.05) is 30.3 Å². The van der Waals surface area contributed by atoms with E-state index in [9.17, 15) is 9.90 Å². The third kappa shape index (κ3) is 3.74. The Hall–Kier alpha value is -1.59. The number of fused-ring (bicyclic) bond motifs is 1. The van der Waals surface area contributed by atoms with Crippen LogP contribution < -0.4 is 5.32 Å². The molecule has 1 aliphatic heterocycles. The molecule has 2 N–H and O–H groups in total. The van der Waals surface area contributed by atoms with Gasteiger partial charge in [0.2, 0.25) is 0 Å². The highest BCUT2D eigenvalue weighted by Gasteiger charge is 2.50. The number of alkyl carbamates (subject to hydrolysis) is 1. The highest BCUT2D eigenvalue weighted by Crippen LogP contribution is 2.34. The maximum absolute atomic E-state index is 11.9. The van der Waals surface area contributed by atoms with Gasteiger partial charge >= 0.3 is 6.09 Å². The summed E-state index contributed by atoms with van der Waals surface area (Å²) in [6.45, 7) is 0.261. The van der Waals surface area contributed by atoms with Gasteiger partial charge in [-0.25, -0.2) is 4.79 Å². The largest absolute Gasteiger partial charge is 0.445 e. The lowest BCUT2D eigenvalue weighted by molar-refractivity contribution is 0.122. The molecule has 2 aliphatic rings. The Morgan fingerprint density at radius 2 is 2.00 bits per heavy atom. The molecule has 0 aromatic heterocycles. The maximum atomic E-state index is 11.9. The molecule has 0 bridgehead atoms. The van der Waals surface area contributed by atoms with Crippen LogP contribution in [0.25, 0.3) is 0 Å². The number of hydrogen-bond donors (Lipinski definition) is 2. The average molecular weight is 291 g/mol. The van der Waals surface area contributed by atoms with Crippen LogP contribution in [0.5, 0.6) is 0 Å². The fraction of sp³-hybridized carbons (Fsp3) is 0.562. The number of ether oxygens (including phenoxy) is 2. The van der Waals surface area contributed by atoms with Crippen LogP contribution in [0.15, 0.2) is 30.3 Å². The molecule has 1 saturated carbocycles. The molecule has 21 heavy (non-hydrogen) atoms. The second kappa shape index (κ2) is 6.45. The molecule has 5 nitrogen and oxygen atoms in total. The molecule has 2 fully saturated rings. The Morgan fingerprint density at radius 1 is 1.24 bits per heavy atom. The standard InChI is InChI=1S/C16H21NO4/c18-13-9-5-4-8-12(14-15(13)21-14)17-16(19)20-10-11-6-2-1-3-7-11/h1-3,6-7,12-15,18H,4-5,8-10H2,(H,17,19)/t12-,13+,14+,15-/m0/s1. The number of carbonyl (C=O) groups excluding carboxylic acids is 1. The highest BCUT2D eigenvalue weighted by molar-refractivity contribution is 5.67. The predicted octanol–water partition coefficient (Wildman–Crippen LogP) is 1.98. The Morgan fingerprint density at radius 3 is 2.81 bits per heavy atom. The van der Waals surface area contributed by atoms with Crippen molar-refractivity contribution in [2.45, 2.75) is 56.6 Å². The van der Waals surface area contributed by atoms with Gasteiger partial charge in [-0.1, -0.05) is 43.2 Å². The lowest BCUT2D eigenvalue weighted by Crippen LogP contribution is -2.41. The second-order valence-corrected chi connectivity index (χ2v) is 5.73. The number of amides is 1. The molecule has 1 heterocycles. The minimum atomic E-state index is -0.423. The van der Waals surface area contributed by atoms with Crippen LogP contribution in [0.3, 0.4) is 0 Å². The van der Waals surface area contributed by atoms with E-state index < -0.39 is 12.2 Å². The van der Waals surface area contributed by atoms with Crippen molar-refractivity contribution in [1.82, 2.24) is 5.32 Å². The van der Waals surface area contributed by atoms with Gasteiger partial charge in [-0.05, 0) is 18.4 Å². The van der Waals surface area contributed by atoms with Crippen molar-refractivity contribution in [2.24, 2.45) is 0 Å². The third-order valence-electron chi connectivity index (χ3n) is 4.12. The quantitative estimate of drug-likeness (QED) is 0.835. The predicted molar refractivity (Wildman–Crippen MR) is 76.7 cm³/mol. The highest BCUT2D eigenvalue weighted by atomic mass is 16.6. The van der Waals surface area contributed by atoms with Crippen molar-refractivity contribution >= 4 is 6.09 Å². The molecule has 0 radical (unpaired) electrons. The number of hydrogen-bond acceptors (Lipinski definition) is 4. The zero-order valence-corrected chi connectivity index (χ0v) is 11.9. The van der Waals surface area contributed by atoms with E-state index in [-0.39, 0.29) is 24.9 Å². The van der Waals surface area contributed by atoms with Gasteiger partial charge in [0.15, 0.2) is 0 Å². The Labute approximate surface area is 124 Å². The first-order valence-electron chi connectivity index (χ1n) is 7.55. The third-order valence-corrected chi connectivity index (χ3v) is 4.12. The normalized spacial score (nSPS) is 31.5. The van der Waals surface area contributed by atoms with Gasteiger partial charge in [0.1, 0.15) is 18.8 Å². The van der Waals surface area contributed by atoms with E-state index in [4.69, 9.17) is 9.47 Å². The summed E-state index contributed by atoms with van der Waals surface area (Å²) in [5, 5.41) is 12.7. The Bertz CT molecular complexity index is 478. The smallest absolute Gasteiger partial charge is 0.407 e. The molecule has 114 valence electrons. The molecule has 3 rings (SSSR count). The van der Waals surface area contributed by atoms with E-state index in [1.165, 1.54) is 0 Å². The van der Waals surface area contributed by atoms with Gasteiger partial charge < -0.3 is 19.9 Å². The van der Waals surface area contributed by atoms with Crippen molar-refractivity contribution in [3.63, 3.8) is 0 Å². The number of aliphatic hydroxyl groups is 1. The number of nitrogens with one attached hydrogen (secondary N) is 1. The number of epoxide rings is 1. The van der Waals surface area contributed by atoms with Crippen molar-refractivity contribution in [1.29, 1.82) is 0 Å². The Kier molecular flexibility index (Phi) is 4.41. The fourth-order valence-electron chi connectivity index (χ4n) is 2.89. The van der Waals surface area contributed by atoms with E-state index in [0.29, 0.717) is 0 Å². The molecular weight excluding hydrogens is 270 g/mol. The zero-order valence-electron chi connectivity index (χ0n) is 11.9. The summed E-state index contributed by atoms with van der Waals surface area (Å²) >= 11 is 0. The van der Waals surface area contributed by atoms with Gasteiger partial charge in [-0.3, -0.25) is 0 Å². The van der Waals surface area contributed by atoms with Crippen molar-refractivity contribution < 1.29 is 19.4 Å². The van der Waals surface area contributed by atoms with Gasteiger partial charge in [-0.2, -0.15) is 0 Å². The molecule has 5 heteroatoms. The van der Waals surface area contributed by atoms with Crippen LogP contribution in [0.1, 0.15) is 31.2 Å². The summed E-state index contributed by atoms with van der Waals surface area (Å²) in [5.74, 6) is 0. The summed E-state index contributed by atoms with van der Waals surface area (Å²) in [6.07, 6.45) is 2.58. The van der Waals surface area contributed by atoms with Crippen molar-refractivity contribution in [2.75, 3.05) is 0 Å². The van der Waals surface area contributed by atoms with Crippen LogP contribution in [0.2, 0.25) is 0 Å². The van der Waals surface area contributed by atoms with Crippen LogP contribution >= 0.6 is 0 Å². The van der Waals surface area contributed by atoms with Gasteiger partial charge in [0.05, 0.1) is 12.1 Å². The molecule has 0 unspecified atom stereocenters. The van der Waals surface area contributed by atoms with Crippen LogP contribution in [0, 0.1) is 0 Å². The minimum absolute atomic E-state index is 0.0618. The van der Waals surface area contributed by atoms with E-state index in [1.54, 1.807) is 0 Å². The monoisotopic (exact) mass is 291 g/mol. The first kappa shape index (κ1) is 14.4. The molecule has 1 saturated heterocycles. The summed E-state index contributed by atoms with van der Waals surface area (Å²) in [7, 11) is 0. The fourth-order valence-corrected chi connectivity index (χ4v) is 2.89. The number of benzene rings is 1. The van der Waals surface area contributed by atoms with E-state index in [0.717, 1.165) is 31.2 Å². The first-order chi connectivity index (χ1) is 10.2. The lowest BCUT2D eigenvalue weighted by atomic mass is 9.95. The van der Waals surface area contributed by atoms with Gasteiger partial charge in [-0.15, -0.1) is 0 Å². The maximum Gasteiger partial charge on any atom is 0.407 e. The van der Waals surface area contributed by atoms with E-state index in [2.05, 4.69) is 5.32 Å². The number of carbonyl (C=O) groups is 1. The summed E-state index contributed by atoms with van der Waals surface area (Å²) < 4.78 is 10.7. The zero-order chi connectivity index (χ0) is 14.7. The topological polar surface area (TPSA) is 71.1 Å². The van der Waals surface area contributed by atoms with Crippen LogP contribution in [0.4, 0.5) is 4.79 Å². The minimum Gasteiger partial charge on any atom is -0.445 e. The van der Waals surface area contributed by atoms with Gasteiger partial charge in [0, 0.05) is 0 Å².